The Morgan fingerprint density at radius 1 is 1.15 bits per heavy atom. The van der Waals surface area contributed by atoms with E-state index in [2.05, 4.69) is 56.6 Å². The standard InChI is InChI=1S/C26H19I2N3O2S/c27-19-11-17(24(22(28)12-19)33-15-16-6-2-1-3-7-16)10-18(13-29)25(32)31-26-21(14-30)20-8-4-5-9-23(20)34-26/h1-3,6-7,10-12H,4-5,8-9,15H2,(H,31,32)/b18-10+. The molecule has 0 bridgehead atoms. The number of amides is 1. The number of aryl methyl sites for hydroxylation is 1. The summed E-state index contributed by atoms with van der Waals surface area (Å²) >= 11 is 5.85. The van der Waals surface area contributed by atoms with Crippen molar-refractivity contribution in [1.29, 1.82) is 10.5 Å². The third-order valence-electron chi connectivity index (χ3n) is 5.44. The number of nitriles is 2. The van der Waals surface area contributed by atoms with Crippen molar-refractivity contribution in [3.05, 3.63) is 82.3 Å². The van der Waals surface area contributed by atoms with E-state index in [9.17, 15) is 15.3 Å². The molecule has 1 N–H and O–H groups in total. The van der Waals surface area contributed by atoms with Crippen LogP contribution in [0, 0.1) is 29.8 Å². The smallest absolute Gasteiger partial charge is 0.266 e. The highest BCUT2D eigenvalue weighted by molar-refractivity contribution is 14.1. The fourth-order valence-electron chi connectivity index (χ4n) is 3.82. The summed E-state index contributed by atoms with van der Waals surface area (Å²) in [4.78, 5) is 14.2. The minimum atomic E-state index is -0.527. The number of thiophene rings is 1. The average Bonchev–Trinajstić information content (AvgIpc) is 3.19. The van der Waals surface area contributed by atoms with Gasteiger partial charge in [-0.05, 0) is 100 Å². The average molecular weight is 691 g/mol. The molecule has 0 saturated heterocycles. The first-order chi connectivity index (χ1) is 16.5. The van der Waals surface area contributed by atoms with Gasteiger partial charge in [0.2, 0.25) is 0 Å². The molecule has 1 heterocycles. The maximum atomic E-state index is 13.0. The number of halogens is 2. The summed E-state index contributed by atoms with van der Waals surface area (Å²) in [6.45, 7) is 0.374. The third-order valence-corrected chi connectivity index (χ3v) is 8.07. The number of anilines is 1. The van der Waals surface area contributed by atoms with Crippen LogP contribution in [0.2, 0.25) is 0 Å². The number of nitrogens with zero attached hydrogens (tertiary/aromatic N) is 2. The minimum Gasteiger partial charge on any atom is -0.487 e. The van der Waals surface area contributed by atoms with Crippen molar-refractivity contribution in [1.82, 2.24) is 0 Å². The van der Waals surface area contributed by atoms with Gasteiger partial charge in [-0.3, -0.25) is 4.79 Å². The predicted molar refractivity (Wildman–Crippen MR) is 151 cm³/mol. The Labute approximate surface area is 229 Å². The summed E-state index contributed by atoms with van der Waals surface area (Å²) in [6, 6.07) is 18.0. The Balaban J connectivity index is 1.62. The van der Waals surface area contributed by atoms with Crippen LogP contribution in [0.1, 0.15) is 40.0 Å². The van der Waals surface area contributed by atoms with Crippen molar-refractivity contribution < 1.29 is 9.53 Å². The second-order valence-electron chi connectivity index (χ2n) is 7.73. The van der Waals surface area contributed by atoms with Crippen molar-refractivity contribution in [2.45, 2.75) is 32.3 Å². The highest BCUT2D eigenvalue weighted by atomic mass is 127. The van der Waals surface area contributed by atoms with Gasteiger partial charge in [0.25, 0.3) is 5.91 Å². The molecule has 0 atom stereocenters. The van der Waals surface area contributed by atoms with Crippen LogP contribution in [-0.2, 0) is 24.2 Å². The molecule has 0 radical (unpaired) electrons. The molecule has 0 unspecified atom stereocenters. The highest BCUT2D eigenvalue weighted by Gasteiger charge is 2.23. The van der Waals surface area contributed by atoms with Crippen LogP contribution in [0.25, 0.3) is 6.08 Å². The SMILES string of the molecule is N#C/C(=C\c1cc(I)cc(I)c1OCc1ccccc1)C(=O)Nc1sc2c(c1C#N)CCCC2. The predicted octanol–water partition coefficient (Wildman–Crippen LogP) is 6.83. The third kappa shape index (κ3) is 5.62. The summed E-state index contributed by atoms with van der Waals surface area (Å²) in [5, 5.41) is 22.8. The highest BCUT2D eigenvalue weighted by Crippen LogP contribution is 2.38. The normalized spacial score (nSPS) is 12.9. The van der Waals surface area contributed by atoms with E-state index < -0.39 is 5.91 Å². The zero-order valence-electron chi connectivity index (χ0n) is 18.0. The van der Waals surface area contributed by atoms with Crippen LogP contribution in [0.5, 0.6) is 5.75 Å². The molecule has 8 heteroatoms. The van der Waals surface area contributed by atoms with Crippen LogP contribution in [0.4, 0.5) is 5.00 Å². The summed E-state index contributed by atoms with van der Waals surface area (Å²) < 4.78 is 7.97. The second kappa shape index (κ2) is 11.3. The molecule has 0 saturated carbocycles. The quantitative estimate of drug-likeness (QED) is 0.175. The molecular formula is C26H19I2N3O2S. The molecule has 3 aromatic rings. The summed E-state index contributed by atoms with van der Waals surface area (Å²) in [5.74, 6) is 0.0928. The first kappa shape index (κ1) is 24.7. The van der Waals surface area contributed by atoms with Crippen molar-refractivity contribution in [3.63, 3.8) is 0 Å². The van der Waals surface area contributed by atoms with E-state index in [4.69, 9.17) is 4.74 Å². The molecule has 0 aliphatic heterocycles. The Morgan fingerprint density at radius 3 is 2.65 bits per heavy atom. The molecule has 0 fully saturated rings. The summed E-state index contributed by atoms with van der Waals surface area (Å²) in [7, 11) is 0. The fourth-order valence-corrected chi connectivity index (χ4v) is 7.10. The number of nitrogens with one attached hydrogen (secondary N) is 1. The van der Waals surface area contributed by atoms with Gasteiger partial charge >= 0.3 is 0 Å². The largest absolute Gasteiger partial charge is 0.487 e. The maximum Gasteiger partial charge on any atom is 0.266 e. The van der Waals surface area contributed by atoms with Gasteiger partial charge in [0.15, 0.2) is 0 Å². The number of fused-ring (bicyclic) bond motifs is 1. The van der Waals surface area contributed by atoms with E-state index in [-0.39, 0.29) is 5.57 Å². The minimum absolute atomic E-state index is 0.0439. The van der Waals surface area contributed by atoms with E-state index in [0.29, 0.717) is 28.5 Å². The molecule has 5 nitrogen and oxygen atoms in total. The number of ether oxygens (including phenoxy) is 1. The zero-order valence-corrected chi connectivity index (χ0v) is 23.2. The van der Waals surface area contributed by atoms with Gasteiger partial charge in [-0.25, -0.2) is 0 Å². The molecule has 4 rings (SSSR count). The molecule has 170 valence electrons. The first-order valence-electron chi connectivity index (χ1n) is 10.6. The van der Waals surface area contributed by atoms with Gasteiger partial charge in [-0.15, -0.1) is 11.3 Å². The second-order valence-corrected chi connectivity index (χ2v) is 11.2. The number of carbonyl (C=O) groups is 1. The number of benzene rings is 2. The van der Waals surface area contributed by atoms with E-state index in [1.807, 2.05) is 48.5 Å². The van der Waals surface area contributed by atoms with Crippen LogP contribution in [-0.4, -0.2) is 5.91 Å². The van der Waals surface area contributed by atoms with Gasteiger partial charge in [0, 0.05) is 14.0 Å². The van der Waals surface area contributed by atoms with E-state index >= 15 is 0 Å². The van der Waals surface area contributed by atoms with Crippen molar-refractivity contribution in [2.75, 3.05) is 5.32 Å². The maximum absolute atomic E-state index is 13.0. The molecule has 1 aromatic heterocycles. The number of rotatable bonds is 6. The van der Waals surface area contributed by atoms with Crippen LogP contribution in [0.15, 0.2) is 48.0 Å². The van der Waals surface area contributed by atoms with Crippen LogP contribution in [0.3, 0.4) is 0 Å². The van der Waals surface area contributed by atoms with Crippen molar-refractivity contribution >= 4 is 73.5 Å². The van der Waals surface area contributed by atoms with E-state index in [0.717, 1.165) is 48.8 Å². The molecule has 34 heavy (non-hydrogen) atoms. The lowest BCUT2D eigenvalue weighted by Crippen LogP contribution is -2.13. The Bertz CT molecular complexity index is 1350. The van der Waals surface area contributed by atoms with Gasteiger partial charge in [-0.1, -0.05) is 30.3 Å². The Kier molecular flexibility index (Phi) is 8.24. The van der Waals surface area contributed by atoms with Crippen LogP contribution < -0.4 is 10.1 Å². The van der Waals surface area contributed by atoms with Gasteiger partial charge in [-0.2, -0.15) is 10.5 Å². The van der Waals surface area contributed by atoms with Gasteiger partial charge in [0.1, 0.15) is 35.1 Å². The first-order valence-corrected chi connectivity index (χ1v) is 13.6. The molecule has 1 amide bonds. The summed E-state index contributed by atoms with van der Waals surface area (Å²) in [6.07, 6.45) is 5.47. The Hall–Kier alpha value is -2.41. The number of carbonyl (C=O) groups excluding carboxylic acids is 1. The van der Waals surface area contributed by atoms with Crippen molar-refractivity contribution in [3.8, 4) is 17.9 Å². The lowest BCUT2D eigenvalue weighted by Gasteiger charge is -2.13. The topological polar surface area (TPSA) is 85.9 Å². The lowest BCUT2D eigenvalue weighted by molar-refractivity contribution is -0.112. The van der Waals surface area contributed by atoms with Crippen molar-refractivity contribution in [2.24, 2.45) is 0 Å². The lowest BCUT2D eigenvalue weighted by atomic mass is 9.96. The van der Waals surface area contributed by atoms with Gasteiger partial charge < -0.3 is 10.1 Å². The number of hydrogen-bond donors (Lipinski definition) is 1. The van der Waals surface area contributed by atoms with Crippen LogP contribution >= 0.6 is 56.5 Å². The van der Waals surface area contributed by atoms with Gasteiger partial charge in [0.05, 0.1) is 9.13 Å². The molecule has 1 aliphatic rings. The Morgan fingerprint density at radius 2 is 1.91 bits per heavy atom. The molecule has 0 spiro atoms. The van der Waals surface area contributed by atoms with E-state index in [1.165, 1.54) is 11.3 Å². The molecular weight excluding hydrogens is 672 g/mol. The fraction of sp³-hybridized carbons (Fsp3) is 0.192. The zero-order chi connectivity index (χ0) is 24.1. The molecule has 2 aromatic carbocycles. The van der Waals surface area contributed by atoms with E-state index in [1.54, 1.807) is 6.08 Å². The monoisotopic (exact) mass is 691 g/mol. The summed E-state index contributed by atoms with van der Waals surface area (Å²) in [5.41, 5.74) is 3.21. The number of hydrogen-bond acceptors (Lipinski definition) is 5. The molecule has 1 aliphatic carbocycles.